The van der Waals surface area contributed by atoms with Crippen molar-refractivity contribution in [2.75, 3.05) is 13.6 Å². The van der Waals surface area contributed by atoms with Crippen molar-refractivity contribution in [1.82, 2.24) is 10.6 Å². The number of carbonyl (C=O) groups excluding carboxylic acids is 2. The van der Waals surface area contributed by atoms with Crippen LogP contribution < -0.4 is 10.6 Å². The molecule has 0 aromatic heterocycles. The molecule has 1 aliphatic rings. The van der Waals surface area contributed by atoms with Crippen LogP contribution >= 0.6 is 11.6 Å². The quantitative estimate of drug-likeness (QED) is 0.825. The minimum absolute atomic E-state index is 0.105. The number of benzene rings is 1. The molecule has 0 saturated carbocycles. The first-order chi connectivity index (χ1) is 9.02. The Labute approximate surface area is 115 Å². The van der Waals surface area contributed by atoms with Crippen molar-refractivity contribution >= 4 is 23.3 Å². The highest BCUT2D eigenvalue weighted by Crippen LogP contribution is 2.24. The average Bonchev–Trinajstić information content (AvgIpc) is 2.86. The van der Waals surface area contributed by atoms with Crippen LogP contribution in [0.5, 0.6) is 0 Å². The Balaban J connectivity index is 2.11. The number of hydrogen-bond donors (Lipinski definition) is 2. The predicted octanol–water partition coefficient (Wildman–Crippen LogP) is 1.39. The van der Waals surface area contributed by atoms with Crippen molar-refractivity contribution in [3.8, 4) is 0 Å². The molecular formula is C13H14ClFN2O2. The van der Waals surface area contributed by atoms with E-state index >= 15 is 0 Å². The lowest BCUT2D eigenvalue weighted by Gasteiger charge is -2.10. The number of carbonyl (C=O) groups is 2. The maximum atomic E-state index is 12.9. The summed E-state index contributed by atoms with van der Waals surface area (Å²) in [6.07, 6.45) is 0.423. The Bertz CT molecular complexity index is 521. The summed E-state index contributed by atoms with van der Waals surface area (Å²) < 4.78 is 12.9. The van der Waals surface area contributed by atoms with Crippen molar-refractivity contribution < 1.29 is 14.0 Å². The third-order valence-corrected chi connectivity index (χ3v) is 3.57. The van der Waals surface area contributed by atoms with E-state index in [1.165, 1.54) is 12.1 Å². The lowest BCUT2D eigenvalue weighted by Crippen LogP contribution is -2.38. The van der Waals surface area contributed by atoms with E-state index in [9.17, 15) is 14.0 Å². The molecule has 0 radical (unpaired) electrons. The molecule has 1 heterocycles. The van der Waals surface area contributed by atoms with Gasteiger partial charge >= 0.3 is 0 Å². The van der Waals surface area contributed by atoms with E-state index in [4.69, 9.17) is 11.6 Å². The van der Waals surface area contributed by atoms with E-state index in [1.807, 2.05) is 0 Å². The number of ketones is 1. The summed E-state index contributed by atoms with van der Waals surface area (Å²) in [4.78, 5) is 23.7. The molecule has 1 aromatic rings. The summed E-state index contributed by atoms with van der Waals surface area (Å²) in [7, 11) is 1.55. The van der Waals surface area contributed by atoms with Gasteiger partial charge in [0.15, 0.2) is 5.78 Å². The molecule has 1 aromatic carbocycles. The summed E-state index contributed by atoms with van der Waals surface area (Å²) in [6, 6.07) is 3.34. The first-order valence-electron chi connectivity index (χ1n) is 5.97. The van der Waals surface area contributed by atoms with E-state index in [-0.39, 0.29) is 28.7 Å². The molecule has 4 nitrogen and oxygen atoms in total. The second kappa shape index (κ2) is 5.67. The van der Waals surface area contributed by atoms with Gasteiger partial charge in [-0.3, -0.25) is 9.59 Å². The number of likely N-dealkylation sites (N-methyl/N-ethyl adjacent to an activating group) is 1. The number of halogens is 2. The molecule has 0 bridgehead atoms. The van der Waals surface area contributed by atoms with Gasteiger partial charge in [0.25, 0.3) is 0 Å². The average molecular weight is 285 g/mol. The van der Waals surface area contributed by atoms with Crippen LogP contribution in [0.25, 0.3) is 0 Å². The van der Waals surface area contributed by atoms with Crippen molar-refractivity contribution in [1.29, 1.82) is 0 Å². The topological polar surface area (TPSA) is 58.2 Å². The van der Waals surface area contributed by atoms with E-state index < -0.39 is 5.82 Å². The zero-order chi connectivity index (χ0) is 14.0. The van der Waals surface area contributed by atoms with Crippen LogP contribution in [0.4, 0.5) is 4.39 Å². The molecule has 2 unspecified atom stereocenters. The molecule has 2 atom stereocenters. The van der Waals surface area contributed by atoms with Crippen molar-refractivity contribution in [2.24, 2.45) is 5.92 Å². The van der Waals surface area contributed by atoms with Crippen LogP contribution in [0.1, 0.15) is 16.8 Å². The summed E-state index contributed by atoms with van der Waals surface area (Å²) >= 11 is 5.87. The molecule has 2 rings (SSSR count). The molecule has 1 saturated heterocycles. The highest BCUT2D eigenvalue weighted by molar-refractivity contribution is 6.34. The SMILES string of the molecule is CNC(=O)C1CC(C(=O)c2ccc(F)cc2Cl)CN1. The van der Waals surface area contributed by atoms with Crippen LogP contribution in [0.3, 0.4) is 0 Å². The second-order valence-electron chi connectivity index (χ2n) is 4.50. The van der Waals surface area contributed by atoms with Crippen LogP contribution in [0.15, 0.2) is 18.2 Å². The van der Waals surface area contributed by atoms with Gasteiger partial charge in [0, 0.05) is 25.1 Å². The van der Waals surface area contributed by atoms with Crippen LogP contribution in [-0.2, 0) is 4.79 Å². The fraction of sp³-hybridized carbons (Fsp3) is 0.385. The third-order valence-electron chi connectivity index (χ3n) is 3.26. The fourth-order valence-corrected chi connectivity index (χ4v) is 2.48. The maximum Gasteiger partial charge on any atom is 0.236 e. The summed E-state index contributed by atoms with van der Waals surface area (Å²) in [5.74, 6) is -1.09. The predicted molar refractivity (Wildman–Crippen MR) is 69.7 cm³/mol. The van der Waals surface area contributed by atoms with Crippen molar-refractivity contribution in [2.45, 2.75) is 12.5 Å². The maximum absolute atomic E-state index is 12.9. The number of Topliss-reactive ketones (excluding diaryl/α,β-unsaturated/α-hetero) is 1. The summed E-state index contributed by atoms with van der Waals surface area (Å²) in [6.45, 7) is 0.421. The minimum Gasteiger partial charge on any atom is -0.358 e. The van der Waals surface area contributed by atoms with Gasteiger partial charge < -0.3 is 10.6 Å². The Morgan fingerprint density at radius 3 is 2.84 bits per heavy atom. The zero-order valence-electron chi connectivity index (χ0n) is 10.4. The molecule has 0 spiro atoms. The monoisotopic (exact) mass is 284 g/mol. The lowest BCUT2D eigenvalue weighted by atomic mass is 9.95. The van der Waals surface area contributed by atoms with Crippen molar-refractivity contribution in [3.05, 3.63) is 34.6 Å². The molecule has 1 fully saturated rings. The van der Waals surface area contributed by atoms with Gasteiger partial charge in [-0.15, -0.1) is 0 Å². The first kappa shape index (κ1) is 14.0. The van der Waals surface area contributed by atoms with Gasteiger partial charge in [-0.1, -0.05) is 11.6 Å². The summed E-state index contributed by atoms with van der Waals surface area (Å²) in [5.41, 5.74) is 0.299. The third kappa shape index (κ3) is 2.93. The smallest absolute Gasteiger partial charge is 0.236 e. The van der Waals surface area contributed by atoms with Gasteiger partial charge in [0.2, 0.25) is 5.91 Å². The van der Waals surface area contributed by atoms with Crippen LogP contribution in [0.2, 0.25) is 5.02 Å². The lowest BCUT2D eigenvalue weighted by molar-refractivity contribution is -0.122. The van der Waals surface area contributed by atoms with Crippen LogP contribution in [0, 0.1) is 11.7 Å². The molecule has 1 aliphatic heterocycles. The number of nitrogens with one attached hydrogen (secondary N) is 2. The normalized spacial score (nSPS) is 22.3. The second-order valence-corrected chi connectivity index (χ2v) is 4.90. The van der Waals surface area contributed by atoms with Gasteiger partial charge in [0.05, 0.1) is 11.1 Å². The van der Waals surface area contributed by atoms with E-state index in [2.05, 4.69) is 10.6 Å². The molecular weight excluding hydrogens is 271 g/mol. The Morgan fingerprint density at radius 1 is 1.47 bits per heavy atom. The zero-order valence-corrected chi connectivity index (χ0v) is 11.1. The number of rotatable bonds is 3. The molecule has 2 N–H and O–H groups in total. The molecule has 6 heteroatoms. The molecule has 19 heavy (non-hydrogen) atoms. The van der Waals surface area contributed by atoms with Gasteiger partial charge in [-0.05, 0) is 24.6 Å². The van der Waals surface area contributed by atoms with Crippen molar-refractivity contribution in [3.63, 3.8) is 0 Å². The highest BCUT2D eigenvalue weighted by Gasteiger charge is 2.34. The highest BCUT2D eigenvalue weighted by atomic mass is 35.5. The Morgan fingerprint density at radius 2 is 2.21 bits per heavy atom. The standard InChI is InChI=1S/C13H14ClFN2O2/c1-16-13(19)11-4-7(6-17-11)12(18)9-3-2-8(15)5-10(9)14/h2-3,5,7,11,17H,4,6H2,1H3,(H,16,19). The Kier molecular flexibility index (Phi) is 4.17. The first-order valence-corrected chi connectivity index (χ1v) is 6.35. The van der Waals surface area contributed by atoms with E-state index in [0.717, 1.165) is 6.07 Å². The molecule has 102 valence electrons. The Hall–Kier alpha value is -1.46. The number of amides is 1. The molecule has 1 amide bonds. The molecule has 0 aliphatic carbocycles. The van der Waals surface area contributed by atoms with Crippen LogP contribution in [-0.4, -0.2) is 31.3 Å². The number of hydrogen-bond acceptors (Lipinski definition) is 3. The largest absolute Gasteiger partial charge is 0.358 e. The summed E-state index contributed by atoms with van der Waals surface area (Å²) in [5, 5.41) is 5.63. The van der Waals surface area contributed by atoms with Gasteiger partial charge in [0.1, 0.15) is 5.82 Å². The van der Waals surface area contributed by atoms with Gasteiger partial charge in [-0.2, -0.15) is 0 Å². The minimum atomic E-state index is -0.477. The van der Waals surface area contributed by atoms with Gasteiger partial charge in [-0.25, -0.2) is 4.39 Å². The van der Waals surface area contributed by atoms with E-state index in [1.54, 1.807) is 7.05 Å². The van der Waals surface area contributed by atoms with E-state index in [0.29, 0.717) is 18.5 Å². The fourth-order valence-electron chi connectivity index (χ4n) is 2.22.